The Kier molecular flexibility index (Phi) is 13.7. The van der Waals surface area contributed by atoms with E-state index in [1.54, 1.807) is 29.2 Å². The number of aliphatic hydroxyl groups is 1. The molecule has 17 nitrogen and oxygen atoms in total. The van der Waals surface area contributed by atoms with Gasteiger partial charge in [-0.25, -0.2) is 14.8 Å². The number of fused-ring (bicyclic) bond motifs is 3. The van der Waals surface area contributed by atoms with Crippen molar-refractivity contribution in [3.8, 4) is 35.1 Å². The van der Waals surface area contributed by atoms with Crippen LogP contribution in [0.4, 0.5) is 10.7 Å². The summed E-state index contributed by atoms with van der Waals surface area (Å²) in [6, 6.07) is 12.2. The Morgan fingerprint density at radius 3 is 2.37 bits per heavy atom. The van der Waals surface area contributed by atoms with Crippen LogP contribution < -0.4 is 20.3 Å². The third kappa shape index (κ3) is 9.71. The van der Waals surface area contributed by atoms with Gasteiger partial charge in [0, 0.05) is 90.8 Å². The van der Waals surface area contributed by atoms with Crippen molar-refractivity contribution < 1.29 is 29.3 Å². The maximum atomic E-state index is 14.3. The Balaban J connectivity index is 0.766. The van der Waals surface area contributed by atoms with Gasteiger partial charge < -0.3 is 50.2 Å². The molecule has 3 aromatic heterocycles. The summed E-state index contributed by atoms with van der Waals surface area (Å²) in [5.74, 6) is 3.54. The number of ether oxygens (including phenoxy) is 1. The molecule has 0 aliphatic carbocycles. The normalized spacial score (nSPS) is 21.2. The number of urea groups is 1. The molecule has 368 valence electrons. The van der Waals surface area contributed by atoms with Crippen molar-refractivity contribution >= 4 is 34.8 Å². The fourth-order valence-electron chi connectivity index (χ4n) is 11.0. The number of hydrogen-bond donors (Lipinski definition) is 5. The quantitative estimate of drug-likeness (QED) is 0.105. The summed E-state index contributed by atoms with van der Waals surface area (Å²) in [4.78, 5) is 63.3. The summed E-state index contributed by atoms with van der Waals surface area (Å²) in [7, 11) is 1.54. The second-order valence-electron chi connectivity index (χ2n) is 20.5. The molecule has 0 unspecified atom stereocenters. The van der Waals surface area contributed by atoms with Crippen molar-refractivity contribution in [3.63, 3.8) is 0 Å². The maximum absolute atomic E-state index is 14.3. The number of methoxy groups -OCH3 is 1. The average molecular weight is 952 g/mol. The van der Waals surface area contributed by atoms with Gasteiger partial charge in [0.15, 0.2) is 5.65 Å². The first-order chi connectivity index (χ1) is 33.6. The molecule has 0 saturated carbocycles. The van der Waals surface area contributed by atoms with E-state index in [1.165, 1.54) is 12.0 Å². The van der Waals surface area contributed by atoms with Crippen LogP contribution in [0.25, 0.3) is 22.3 Å². The fraction of sp³-hybridized carbons (Fsp3) is 0.491. The van der Waals surface area contributed by atoms with Crippen LogP contribution in [0.5, 0.6) is 11.5 Å². The molecular weight excluding hydrogens is 887 g/mol. The number of carbonyl (C=O) groups excluding carboxylic acids is 3. The average Bonchev–Trinajstić information content (AvgIpc) is 3.96. The number of benzene rings is 2. The molecule has 3 fully saturated rings. The zero-order chi connectivity index (χ0) is 49.4. The van der Waals surface area contributed by atoms with E-state index in [0.29, 0.717) is 53.6 Å². The number of para-hydroxylation sites is 1. The summed E-state index contributed by atoms with van der Waals surface area (Å²) in [5.41, 5.74) is 6.12. The van der Waals surface area contributed by atoms with Gasteiger partial charge in [-0.05, 0) is 99.8 Å². The monoisotopic (exact) mass is 952 g/mol. The SMILES string of the molecule is C#Cc1ccc([C@H](C)NC(=O)[C@@H]2C[C@@H](O)CN2C(=O)[C@@H](NC(=O)N2CCC(N3CCC(c4cnc(N5CCc6[nH]c7nnc(-c8ccccc8O)cc7c6[C@H]5C)nc4)CC3)CC2)C(C)(C)C)c(OC)c1. The van der Waals surface area contributed by atoms with Gasteiger partial charge in [-0.1, -0.05) is 44.9 Å². The number of rotatable bonds is 10. The number of likely N-dealkylation sites (tertiary alicyclic amines) is 3. The number of phenolic OH excluding ortho intramolecular Hbond substituents is 1. The number of nitrogens with one attached hydrogen (secondary N) is 3. The summed E-state index contributed by atoms with van der Waals surface area (Å²) in [6.45, 7) is 13.4. The number of hydrogen-bond acceptors (Lipinski definition) is 12. The number of aromatic hydroxyl groups is 1. The smallest absolute Gasteiger partial charge is 0.318 e. The van der Waals surface area contributed by atoms with E-state index in [1.807, 2.05) is 64.4 Å². The lowest BCUT2D eigenvalue weighted by Gasteiger charge is -2.42. The zero-order valence-corrected chi connectivity index (χ0v) is 41.0. The van der Waals surface area contributed by atoms with Crippen molar-refractivity contribution in [3.05, 3.63) is 88.9 Å². The molecule has 4 amide bonds. The molecule has 0 spiro atoms. The fourth-order valence-corrected chi connectivity index (χ4v) is 11.0. The number of aliphatic hydroxyl groups excluding tert-OH is 1. The number of H-pyrrole nitrogens is 1. The first kappa shape index (κ1) is 48.3. The summed E-state index contributed by atoms with van der Waals surface area (Å²) >= 11 is 0. The molecule has 7 heterocycles. The molecule has 5 N–H and O–H groups in total. The van der Waals surface area contributed by atoms with E-state index < -0.39 is 41.5 Å². The van der Waals surface area contributed by atoms with Crippen molar-refractivity contribution in [1.29, 1.82) is 0 Å². The first-order valence-corrected chi connectivity index (χ1v) is 24.6. The molecule has 4 aliphatic rings. The van der Waals surface area contributed by atoms with Crippen LogP contribution in [0.1, 0.15) is 113 Å². The maximum Gasteiger partial charge on any atom is 0.318 e. The van der Waals surface area contributed by atoms with Crippen LogP contribution in [-0.2, 0) is 16.0 Å². The van der Waals surface area contributed by atoms with Crippen LogP contribution in [0.3, 0.4) is 0 Å². The summed E-state index contributed by atoms with van der Waals surface area (Å²) in [6.07, 6.45) is 13.2. The number of anilines is 1. The van der Waals surface area contributed by atoms with Crippen LogP contribution >= 0.6 is 0 Å². The molecule has 0 bridgehead atoms. The second-order valence-corrected chi connectivity index (χ2v) is 20.5. The predicted molar refractivity (Wildman–Crippen MR) is 266 cm³/mol. The van der Waals surface area contributed by atoms with Crippen LogP contribution in [0, 0.1) is 17.8 Å². The van der Waals surface area contributed by atoms with Gasteiger partial charge in [0.25, 0.3) is 0 Å². The number of aromatic amines is 1. The van der Waals surface area contributed by atoms with Crippen molar-refractivity contribution in [1.82, 2.24) is 50.5 Å². The number of carbonyl (C=O) groups is 3. The van der Waals surface area contributed by atoms with E-state index in [4.69, 9.17) is 21.1 Å². The third-order valence-corrected chi connectivity index (χ3v) is 15.0. The lowest BCUT2D eigenvalue weighted by Crippen LogP contribution is -2.60. The van der Waals surface area contributed by atoms with Gasteiger partial charge in [-0.2, -0.15) is 0 Å². The summed E-state index contributed by atoms with van der Waals surface area (Å²) < 4.78 is 5.54. The zero-order valence-electron chi connectivity index (χ0n) is 41.0. The van der Waals surface area contributed by atoms with Crippen molar-refractivity contribution in [2.75, 3.05) is 51.3 Å². The number of aromatic nitrogens is 5. The highest BCUT2D eigenvalue weighted by Crippen LogP contribution is 2.39. The minimum atomic E-state index is -0.930. The van der Waals surface area contributed by atoms with Crippen LogP contribution in [0.2, 0.25) is 0 Å². The van der Waals surface area contributed by atoms with E-state index >= 15 is 0 Å². The molecule has 9 rings (SSSR count). The molecular formula is C53H65N11O6. The number of amides is 4. The Hall–Kier alpha value is -6.77. The van der Waals surface area contributed by atoms with Gasteiger partial charge in [0.1, 0.15) is 23.6 Å². The Labute approximate surface area is 409 Å². The molecule has 5 aromatic rings. The highest BCUT2D eigenvalue weighted by atomic mass is 16.5. The largest absolute Gasteiger partial charge is 0.507 e. The third-order valence-electron chi connectivity index (χ3n) is 15.0. The summed E-state index contributed by atoms with van der Waals surface area (Å²) in [5, 5.41) is 37.1. The van der Waals surface area contributed by atoms with Crippen molar-refractivity contribution in [2.45, 2.75) is 115 Å². The van der Waals surface area contributed by atoms with Gasteiger partial charge in [-0.15, -0.1) is 16.6 Å². The van der Waals surface area contributed by atoms with E-state index in [-0.39, 0.29) is 30.8 Å². The molecule has 5 atom stereocenters. The van der Waals surface area contributed by atoms with Crippen LogP contribution in [-0.4, -0.2) is 139 Å². The minimum Gasteiger partial charge on any atom is -0.507 e. The van der Waals surface area contributed by atoms with Gasteiger partial charge in [0.2, 0.25) is 17.8 Å². The number of terminal acetylenes is 1. The standard InChI is InChI=1S/C53H65N11O6/c1-8-33-13-14-38(45(25-33)70-7)31(2)56-49(67)43-26-37(65)30-64(43)50(68)47(53(4,5)6)58-52(69)62-22-17-36(18-23-62)61-20-15-34(16-21-61)35-28-54-51(55-29-35)63-24-19-41-46(32(63)3)40-27-42(59-60-48(40)57-41)39-11-9-10-12-44(39)66/h1,9-14,25,27-29,31-32,34,36-37,43,47,65-66H,15-24,26,30H2,2-7H3,(H,56,67)(H,57,60)(H,58,69)/t31-,32+,37+,43-,47+/m0/s1. The van der Waals surface area contributed by atoms with Crippen LogP contribution in [0.15, 0.2) is 60.9 Å². The van der Waals surface area contributed by atoms with Gasteiger partial charge in [0.05, 0.1) is 31.0 Å². The topological polar surface area (TPSA) is 205 Å². The second kappa shape index (κ2) is 19.9. The first-order valence-electron chi connectivity index (χ1n) is 24.6. The van der Waals surface area contributed by atoms with E-state index in [2.05, 4.69) is 48.5 Å². The number of nitrogens with zero attached hydrogens (tertiary/aromatic N) is 8. The molecule has 2 aromatic carbocycles. The Morgan fingerprint density at radius 1 is 0.957 bits per heavy atom. The Bertz CT molecular complexity index is 2770. The van der Waals surface area contributed by atoms with E-state index in [0.717, 1.165) is 85.2 Å². The molecule has 0 radical (unpaired) electrons. The highest BCUT2D eigenvalue weighted by Gasteiger charge is 2.45. The number of β-amino-alcohol motifs (C(OH)–C–C–N with tert-alkyl or cyclic N) is 1. The predicted octanol–water partition coefficient (Wildman–Crippen LogP) is 5.84. The molecule has 17 heteroatoms. The van der Waals surface area contributed by atoms with E-state index in [9.17, 15) is 24.6 Å². The highest BCUT2D eigenvalue weighted by molar-refractivity contribution is 5.93. The number of piperidine rings is 2. The molecule has 70 heavy (non-hydrogen) atoms. The molecule has 3 saturated heterocycles. The van der Waals surface area contributed by atoms with Crippen molar-refractivity contribution in [2.24, 2.45) is 5.41 Å². The lowest BCUT2D eigenvalue weighted by molar-refractivity contribution is -0.142. The lowest BCUT2D eigenvalue weighted by atomic mass is 9.85. The minimum absolute atomic E-state index is 0.00323. The molecule has 4 aliphatic heterocycles. The Morgan fingerprint density at radius 2 is 1.69 bits per heavy atom. The van der Waals surface area contributed by atoms with Gasteiger partial charge >= 0.3 is 6.03 Å². The number of phenols is 1. The van der Waals surface area contributed by atoms with Gasteiger partial charge in [-0.3, -0.25) is 9.59 Å².